The van der Waals surface area contributed by atoms with E-state index in [0.29, 0.717) is 23.0 Å². The maximum Gasteiger partial charge on any atom is 0.284 e. The number of aromatic nitrogens is 5. The number of carbonyl (C=O) groups excluding carboxylic acids is 1. The molecule has 1 amide bonds. The Morgan fingerprint density at radius 3 is 2.83 bits per heavy atom. The van der Waals surface area contributed by atoms with Gasteiger partial charge in [0.15, 0.2) is 11.4 Å². The lowest BCUT2D eigenvalue weighted by Gasteiger charge is -2.04. The first-order valence-corrected chi connectivity index (χ1v) is 11.3. The third-order valence-corrected chi connectivity index (χ3v) is 5.65. The van der Waals surface area contributed by atoms with E-state index in [1.54, 1.807) is 36.7 Å². The first-order chi connectivity index (χ1) is 17.0. The van der Waals surface area contributed by atoms with Crippen LogP contribution in [-0.4, -0.2) is 37.2 Å². The number of hydrogen-bond donors (Lipinski definition) is 2. The van der Waals surface area contributed by atoms with Gasteiger partial charge in [-0.05, 0) is 49.4 Å². The maximum absolute atomic E-state index is 13.6. The largest absolute Gasteiger partial charge is 0.444 e. The monoisotopic (exact) mass is 479 g/mol. The van der Waals surface area contributed by atoms with Gasteiger partial charge in [-0.25, -0.2) is 23.4 Å². The molecule has 0 aliphatic heterocycles. The number of rotatable bonds is 9. The minimum Gasteiger partial charge on any atom is -0.444 e. The number of nitrogens with one attached hydrogen (secondary N) is 2. The highest BCUT2D eigenvalue weighted by Crippen LogP contribution is 2.30. The molecule has 0 aromatic carbocycles. The van der Waals surface area contributed by atoms with E-state index in [2.05, 4.69) is 30.7 Å². The molecule has 0 spiro atoms. The third kappa shape index (κ3) is 5.18. The molecule has 1 aliphatic carbocycles. The molecule has 4 heterocycles. The molecule has 180 valence electrons. The van der Waals surface area contributed by atoms with E-state index >= 15 is 0 Å². The van der Waals surface area contributed by atoms with Gasteiger partial charge in [0, 0.05) is 24.0 Å². The molecular formula is C24H23F2N7O2. The molecule has 4 aromatic heterocycles. The van der Waals surface area contributed by atoms with E-state index < -0.39 is 18.0 Å². The third-order valence-electron chi connectivity index (χ3n) is 5.65. The van der Waals surface area contributed by atoms with E-state index in [9.17, 15) is 13.6 Å². The van der Waals surface area contributed by atoms with Crippen LogP contribution in [0.1, 0.15) is 48.1 Å². The predicted molar refractivity (Wildman–Crippen MR) is 125 cm³/mol. The number of halogens is 2. The molecule has 35 heavy (non-hydrogen) atoms. The summed E-state index contributed by atoms with van der Waals surface area (Å²) in [6.07, 6.45) is 5.98. The van der Waals surface area contributed by atoms with Crippen LogP contribution in [-0.2, 0) is 6.42 Å². The molecule has 9 nitrogen and oxygen atoms in total. The van der Waals surface area contributed by atoms with Gasteiger partial charge in [0.25, 0.3) is 12.3 Å². The molecule has 1 aliphatic rings. The molecule has 0 unspecified atom stereocenters. The van der Waals surface area contributed by atoms with Gasteiger partial charge < -0.3 is 15.1 Å². The summed E-state index contributed by atoms with van der Waals surface area (Å²) in [5, 5.41) is 9.67. The number of oxazole rings is 1. The number of alkyl halides is 2. The summed E-state index contributed by atoms with van der Waals surface area (Å²) >= 11 is 0. The normalized spacial score (nSPS) is 13.3. The molecule has 2 N–H and O–H groups in total. The second-order valence-corrected chi connectivity index (χ2v) is 8.28. The molecule has 1 fully saturated rings. The van der Waals surface area contributed by atoms with Crippen LogP contribution >= 0.6 is 0 Å². The molecule has 4 aromatic rings. The number of aryl methyl sites for hydroxylation is 1. The van der Waals surface area contributed by atoms with Crippen molar-refractivity contribution in [3.63, 3.8) is 0 Å². The molecule has 11 heteroatoms. The van der Waals surface area contributed by atoms with Crippen molar-refractivity contribution in [3.8, 4) is 17.1 Å². The van der Waals surface area contributed by atoms with Crippen LogP contribution in [0.2, 0.25) is 0 Å². The van der Waals surface area contributed by atoms with Gasteiger partial charge in [-0.1, -0.05) is 6.92 Å². The molecular weight excluding hydrogens is 456 g/mol. The van der Waals surface area contributed by atoms with Gasteiger partial charge in [-0.15, -0.1) is 0 Å². The number of hydrogen-bond acceptors (Lipinski definition) is 7. The smallest absolute Gasteiger partial charge is 0.284 e. The Hall–Kier alpha value is -4.15. The molecule has 0 bridgehead atoms. The van der Waals surface area contributed by atoms with Gasteiger partial charge in [0.05, 0.1) is 23.8 Å². The van der Waals surface area contributed by atoms with Crippen molar-refractivity contribution in [2.75, 3.05) is 17.2 Å². The van der Waals surface area contributed by atoms with Crippen molar-refractivity contribution in [1.29, 1.82) is 0 Å². The lowest BCUT2D eigenvalue weighted by molar-refractivity contribution is 0.102. The fourth-order valence-electron chi connectivity index (χ4n) is 3.47. The molecule has 0 radical (unpaired) electrons. The van der Waals surface area contributed by atoms with Crippen LogP contribution in [0, 0.1) is 5.92 Å². The zero-order chi connectivity index (χ0) is 24.4. The lowest BCUT2D eigenvalue weighted by Crippen LogP contribution is -2.13. The van der Waals surface area contributed by atoms with E-state index in [1.807, 2.05) is 6.92 Å². The molecule has 0 saturated heterocycles. The highest BCUT2D eigenvalue weighted by Gasteiger charge is 2.23. The molecule has 5 rings (SSSR count). The van der Waals surface area contributed by atoms with Gasteiger partial charge >= 0.3 is 0 Å². The first kappa shape index (κ1) is 22.6. The minimum atomic E-state index is -2.89. The zero-order valence-electron chi connectivity index (χ0n) is 18.9. The Balaban J connectivity index is 1.32. The van der Waals surface area contributed by atoms with E-state index in [-0.39, 0.29) is 17.3 Å². The number of amides is 1. The number of pyridine rings is 2. The van der Waals surface area contributed by atoms with Crippen LogP contribution in [0.25, 0.3) is 17.1 Å². The summed E-state index contributed by atoms with van der Waals surface area (Å²) in [6.45, 7) is 2.82. The SMILES string of the molecule is CCc1ccc(-n2cc(NC(=O)c3coc(-c4ccnc(NCC5CC5)c4)n3)c(C(F)F)n2)cn1. The van der Waals surface area contributed by atoms with Crippen molar-refractivity contribution in [2.45, 2.75) is 32.6 Å². The van der Waals surface area contributed by atoms with Crippen molar-refractivity contribution >= 4 is 17.4 Å². The first-order valence-electron chi connectivity index (χ1n) is 11.3. The summed E-state index contributed by atoms with van der Waals surface area (Å²) in [7, 11) is 0. The summed E-state index contributed by atoms with van der Waals surface area (Å²) < 4.78 is 34.0. The maximum atomic E-state index is 13.6. The standard InChI is InChI=1S/C24H23F2N7O2/c1-2-16-5-6-17(11-28-16)33-12-18(21(32-33)22(25)26)30-23(34)19-13-35-24(31-19)15-7-8-27-20(9-15)29-10-14-3-4-14/h5-9,11-14,22H,2-4,10H2,1H3,(H,27,29)(H,30,34). The van der Waals surface area contributed by atoms with Crippen LogP contribution in [0.3, 0.4) is 0 Å². The quantitative estimate of drug-likeness (QED) is 0.352. The summed E-state index contributed by atoms with van der Waals surface area (Å²) in [5.74, 6) is 0.905. The van der Waals surface area contributed by atoms with Crippen LogP contribution in [0.15, 0.2) is 53.5 Å². The van der Waals surface area contributed by atoms with Crippen LogP contribution < -0.4 is 10.6 Å². The zero-order valence-corrected chi connectivity index (χ0v) is 18.9. The average molecular weight is 479 g/mol. The van der Waals surface area contributed by atoms with Crippen molar-refractivity contribution in [1.82, 2.24) is 24.7 Å². The summed E-state index contributed by atoms with van der Waals surface area (Å²) in [5.41, 5.74) is 1.28. The lowest BCUT2D eigenvalue weighted by atomic mass is 10.2. The highest BCUT2D eigenvalue weighted by atomic mass is 19.3. The van der Waals surface area contributed by atoms with Crippen molar-refractivity contribution in [3.05, 3.63) is 66.2 Å². The van der Waals surface area contributed by atoms with Crippen molar-refractivity contribution in [2.24, 2.45) is 5.92 Å². The van der Waals surface area contributed by atoms with Gasteiger partial charge in [-0.2, -0.15) is 5.10 Å². The van der Waals surface area contributed by atoms with E-state index in [1.165, 1.54) is 30.0 Å². The van der Waals surface area contributed by atoms with Gasteiger partial charge in [0.2, 0.25) is 5.89 Å². The minimum absolute atomic E-state index is 0.0498. The Morgan fingerprint density at radius 2 is 2.11 bits per heavy atom. The average Bonchev–Trinajstić information content (AvgIpc) is 3.39. The van der Waals surface area contributed by atoms with Crippen LogP contribution in [0.5, 0.6) is 0 Å². The molecule has 0 atom stereocenters. The van der Waals surface area contributed by atoms with E-state index in [0.717, 1.165) is 18.7 Å². The molecule has 1 saturated carbocycles. The summed E-state index contributed by atoms with van der Waals surface area (Å²) in [4.78, 5) is 25.5. The number of anilines is 2. The fraction of sp³-hybridized carbons (Fsp3) is 0.292. The summed E-state index contributed by atoms with van der Waals surface area (Å²) in [6, 6.07) is 7.02. The second kappa shape index (κ2) is 9.61. The number of carbonyl (C=O) groups is 1. The number of nitrogens with zero attached hydrogens (tertiary/aromatic N) is 5. The fourth-order valence-corrected chi connectivity index (χ4v) is 3.47. The Bertz CT molecular complexity index is 1330. The Kier molecular flexibility index (Phi) is 6.21. The Labute approximate surface area is 199 Å². The van der Waals surface area contributed by atoms with Gasteiger partial charge in [0.1, 0.15) is 12.1 Å². The highest BCUT2D eigenvalue weighted by molar-refractivity contribution is 6.03. The topological polar surface area (TPSA) is 111 Å². The van der Waals surface area contributed by atoms with E-state index in [4.69, 9.17) is 4.42 Å². The van der Waals surface area contributed by atoms with Crippen LogP contribution in [0.4, 0.5) is 20.3 Å². The van der Waals surface area contributed by atoms with Crippen molar-refractivity contribution < 1.29 is 18.0 Å². The second-order valence-electron chi connectivity index (χ2n) is 8.28. The Morgan fingerprint density at radius 1 is 1.26 bits per heavy atom. The van der Waals surface area contributed by atoms with Gasteiger partial charge in [-0.3, -0.25) is 9.78 Å². The predicted octanol–water partition coefficient (Wildman–Crippen LogP) is 4.89.